The molecule has 0 spiro atoms. The van der Waals surface area contributed by atoms with Crippen LogP contribution >= 0.6 is 0 Å². The molecule has 0 heterocycles. The predicted molar refractivity (Wildman–Crippen MR) is 84.3 cm³/mol. The van der Waals surface area contributed by atoms with Gasteiger partial charge in [0, 0.05) is 5.92 Å². The fraction of sp³-hybridized carbons (Fsp3) is 0.333. The lowest BCUT2D eigenvalue weighted by atomic mass is 9.88. The van der Waals surface area contributed by atoms with Crippen LogP contribution in [0.15, 0.2) is 48.5 Å². The SMILES string of the molecule is CCc1ccc(C(CCN)c2ccc(OC)cc2)cc1. The van der Waals surface area contributed by atoms with E-state index in [0.717, 1.165) is 18.6 Å². The molecule has 2 rings (SSSR count). The maximum Gasteiger partial charge on any atom is 0.118 e. The third-order valence-electron chi connectivity index (χ3n) is 3.76. The number of nitrogens with two attached hydrogens (primary N) is 1. The molecule has 0 fully saturated rings. The molecule has 20 heavy (non-hydrogen) atoms. The number of hydrogen-bond acceptors (Lipinski definition) is 2. The van der Waals surface area contributed by atoms with Crippen LogP contribution in [0.2, 0.25) is 0 Å². The van der Waals surface area contributed by atoms with Crippen molar-refractivity contribution in [3.8, 4) is 5.75 Å². The molecule has 1 unspecified atom stereocenters. The highest BCUT2D eigenvalue weighted by Gasteiger charge is 2.13. The van der Waals surface area contributed by atoms with Gasteiger partial charge in [-0.3, -0.25) is 0 Å². The number of ether oxygens (including phenoxy) is 1. The molecule has 0 saturated carbocycles. The van der Waals surface area contributed by atoms with Crippen LogP contribution in [-0.4, -0.2) is 13.7 Å². The van der Waals surface area contributed by atoms with E-state index in [1.807, 2.05) is 12.1 Å². The minimum Gasteiger partial charge on any atom is -0.497 e. The van der Waals surface area contributed by atoms with Gasteiger partial charge in [0.05, 0.1) is 7.11 Å². The van der Waals surface area contributed by atoms with Crippen molar-refractivity contribution in [3.05, 3.63) is 65.2 Å². The molecule has 0 radical (unpaired) electrons. The Hall–Kier alpha value is -1.80. The molecule has 0 aromatic heterocycles. The Morgan fingerprint density at radius 2 is 1.50 bits per heavy atom. The van der Waals surface area contributed by atoms with Crippen LogP contribution in [-0.2, 0) is 6.42 Å². The monoisotopic (exact) mass is 269 g/mol. The quantitative estimate of drug-likeness (QED) is 0.867. The van der Waals surface area contributed by atoms with E-state index in [-0.39, 0.29) is 0 Å². The lowest BCUT2D eigenvalue weighted by molar-refractivity contribution is 0.414. The summed E-state index contributed by atoms with van der Waals surface area (Å²) in [6, 6.07) is 17.2. The topological polar surface area (TPSA) is 35.2 Å². The second-order valence-electron chi connectivity index (χ2n) is 5.00. The average molecular weight is 269 g/mol. The molecule has 1 atom stereocenters. The molecule has 106 valence electrons. The van der Waals surface area contributed by atoms with Crippen LogP contribution in [0.4, 0.5) is 0 Å². The van der Waals surface area contributed by atoms with E-state index in [1.54, 1.807) is 7.11 Å². The summed E-state index contributed by atoms with van der Waals surface area (Å²) < 4.78 is 5.22. The zero-order valence-corrected chi connectivity index (χ0v) is 12.3. The lowest BCUT2D eigenvalue weighted by Crippen LogP contribution is -2.09. The summed E-state index contributed by atoms with van der Waals surface area (Å²) in [4.78, 5) is 0. The fourth-order valence-electron chi connectivity index (χ4n) is 2.51. The second kappa shape index (κ2) is 7.11. The first-order valence-corrected chi connectivity index (χ1v) is 7.21. The third-order valence-corrected chi connectivity index (χ3v) is 3.76. The van der Waals surface area contributed by atoms with E-state index in [9.17, 15) is 0 Å². The largest absolute Gasteiger partial charge is 0.497 e. The van der Waals surface area contributed by atoms with Gasteiger partial charge in [-0.15, -0.1) is 0 Å². The van der Waals surface area contributed by atoms with Crippen molar-refractivity contribution in [1.29, 1.82) is 0 Å². The predicted octanol–water partition coefficient (Wildman–Crippen LogP) is 3.74. The highest BCUT2D eigenvalue weighted by molar-refractivity contribution is 5.37. The molecule has 2 heteroatoms. The molecule has 0 aliphatic heterocycles. The molecule has 0 aliphatic rings. The van der Waals surface area contributed by atoms with Gasteiger partial charge in [0.2, 0.25) is 0 Å². The normalized spacial score (nSPS) is 12.2. The fourth-order valence-corrected chi connectivity index (χ4v) is 2.51. The van der Waals surface area contributed by atoms with E-state index < -0.39 is 0 Å². The first-order chi connectivity index (χ1) is 9.78. The van der Waals surface area contributed by atoms with Gasteiger partial charge in [-0.05, 0) is 48.2 Å². The minimum absolute atomic E-state index is 0.358. The van der Waals surface area contributed by atoms with Crippen LogP contribution in [0.5, 0.6) is 5.75 Å². The third kappa shape index (κ3) is 3.40. The van der Waals surface area contributed by atoms with Crippen LogP contribution in [0.1, 0.15) is 36.0 Å². The van der Waals surface area contributed by atoms with Crippen molar-refractivity contribution in [2.24, 2.45) is 5.73 Å². The van der Waals surface area contributed by atoms with Crippen LogP contribution in [0, 0.1) is 0 Å². The highest BCUT2D eigenvalue weighted by Crippen LogP contribution is 2.29. The van der Waals surface area contributed by atoms with Crippen molar-refractivity contribution < 1.29 is 4.74 Å². The Bertz CT molecular complexity index is 469. The second-order valence-corrected chi connectivity index (χ2v) is 5.00. The number of methoxy groups -OCH3 is 1. The van der Waals surface area contributed by atoms with E-state index in [2.05, 4.69) is 43.3 Å². The van der Waals surface area contributed by atoms with Crippen molar-refractivity contribution in [2.45, 2.75) is 25.7 Å². The van der Waals surface area contributed by atoms with Crippen molar-refractivity contribution in [1.82, 2.24) is 0 Å². The molecule has 0 bridgehead atoms. The molecular formula is C18H23NO. The summed E-state index contributed by atoms with van der Waals surface area (Å²) in [7, 11) is 1.69. The van der Waals surface area contributed by atoms with Gasteiger partial charge in [0.15, 0.2) is 0 Å². The zero-order chi connectivity index (χ0) is 14.4. The standard InChI is InChI=1S/C18H23NO/c1-3-14-4-6-15(7-5-14)18(12-13-19)16-8-10-17(20-2)11-9-16/h4-11,18H,3,12-13,19H2,1-2H3. The molecular weight excluding hydrogens is 246 g/mol. The van der Waals surface area contributed by atoms with Crippen molar-refractivity contribution in [3.63, 3.8) is 0 Å². The summed E-state index contributed by atoms with van der Waals surface area (Å²) in [6.45, 7) is 2.86. The smallest absolute Gasteiger partial charge is 0.118 e. The van der Waals surface area contributed by atoms with Gasteiger partial charge in [0.25, 0.3) is 0 Å². The Morgan fingerprint density at radius 1 is 0.950 bits per heavy atom. The Morgan fingerprint density at radius 3 is 1.95 bits per heavy atom. The van der Waals surface area contributed by atoms with E-state index >= 15 is 0 Å². The molecule has 2 nitrogen and oxygen atoms in total. The number of aryl methyl sites for hydroxylation is 1. The summed E-state index contributed by atoms with van der Waals surface area (Å²) in [6.07, 6.45) is 2.03. The van der Waals surface area contributed by atoms with Crippen molar-refractivity contribution in [2.75, 3.05) is 13.7 Å². The number of benzene rings is 2. The van der Waals surface area contributed by atoms with Gasteiger partial charge >= 0.3 is 0 Å². The van der Waals surface area contributed by atoms with Gasteiger partial charge in [0.1, 0.15) is 5.75 Å². The summed E-state index contributed by atoms with van der Waals surface area (Å²) in [5.41, 5.74) is 9.79. The van der Waals surface area contributed by atoms with Gasteiger partial charge < -0.3 is 10.5 Å². The molecule has 0 saturated heterocycles. The highest BCUT2D eigenvalue weighted by atomic mass is 16.5. The van der Waals surface area contributed by atoms with E-state index in [4.69, 9.17) is 10.5 Å². The van der Waals surface area contributed by atoms with Gasteiger partial charge in [-0.1, -0.05) is 43.3 Å². The van der Waals surface area contributed by atoms with E-state index in [0.29, 0.717) is 12.5 Å². The van der Waals surface area contributed by atoms with Gasteiger partial charge in [-0.25, -0.2) is 0 Å². The first kappa shape index (κ1) is 14.6. The van der Waals surface area contributed by atoms with Crippen LogP contribution in [0.3, 0.4) is 0 Å². The molecule has 0 amide bonds. The molecule has 2 aromatic rings. The van der Waals surface area contributed by atoms with Crippen LogP contribution in [0.25, 0.3) is 0 Å². The van der Waals surface area contributed by atoms with Crippen LogP contribution < -0.4 is 10.5 Å². The number of hydrogen-bond donors (Lipinski definition) is 1. The van der Waals surface area contributed by atoms with E-state index in [1.165, 1.54) is 16.7 Å². The first-order valence-electron chi connectivity index (χ1n) is 7.21. The Kier molecular flexibility index (Phi) is 5.19. The van der Waals surface area contributed by atoms with Crippen molar-refractivity contribution >= 4 is 0 Å². The summed E-state index contributed by atoms with van der Waals surface area (Å²) in [5.74, 6) is 1.25. The molecule has 0 aliphatic carbocycles. The maximum absolute atomic E-state index is 5.79. The molecule has 2 aromatic carbocycles. The minimum atomic E-state index is 0.358. The summed E-state index contributed by atoms with van der Waals surface area (Å²) in [5, 5.41) is 0. The Balaban J connectivity index is 2.28. The maximum atomic E-state index is 5.79. The lowest BCUT2D eigenvalue weighted by Gasteiger charge is -2.18. The Labute approximate surface area is 121 Å². The average Bonchev–Trinajstić information content (AvgIpc) is 2.53. The summed E-state index contributed by atoms with van der Waals surface area (Å²) >= 11 is 0. The zero-order valence-electron chi connectivity index (χ0n) is 12.3. The molecule has 2 N–H and O–H groups in total. The number of rotatable bonds is 6. The van der Waals surface area contributed by atoms with Gasteiger partial charge in [-0.2, -0.15) is 0 Å².